The molecule has 0 spiro atoms. The molecule has 148 valence electrons. The molecule has 0 aliphatic heterocycles. The van der Waals surface area contributed by atoms with Crippen LogP contribution in [0.2, 0.25) is 5.02 Å². The molecule has 0 aliphatic carbocycles. The standard InChI is InChI=1S/C19H20ClN3O5/c1-3-22(14-7-5-6-13(10-14)19(25)28-4-2)12-18(24)21-17-9-8-15(23(26)27)11-16(17)20/h5-11H,3-4,12H2,1-2H3,(H,21,24). The Morgan fingerprint density at radius 2 is 1.96 bits per heavy atom. The number of likely N-dealkylation sites (N-methyl/N-ethyl adjacent to an activating group) is 1. The highest BCUT2D eigenvalue weighted by Crippen LogP contribution is 2.26. The van der Waals surface area contributed by atoms with E-state index in [1.54, 1.807) is 36.1 Å². The summed E-state index contributed by atoms with van der Waals surface area (Å²) in [7, 11) is 0. The van der Waals surface area contributed by atoms with Crippen molar-refractivity contribution in [3.63, 3.8) is 0 Å². The Labute approximate surface area is 167 Å². The number of nitrogens with one attached hydrogen (secondary N) is 1. The second-order valence-corrected chi connectivity index (χ2v) is 6.16. The summed E-state index contributed by atoms with van der Waals surface area (Å²) in [4.78, 5) is 36.3. The summed E-state index contributed by atoms with van der Waals surface area (Å²) in [5.41, 5.74) is 1.22. The zero-order valence-electron chi connectivity index (χ0n) is 15.5. The van der Waals surface area contributed by atoms with E-state index in [4.69, 9.17) is 16.3 Å². The van der Waals surface area contributed by atoms with E-state index in [0.29, 0.717) is 17.8 Å². The molecule has 0 saturated carbocycles. The van der Waals surface area contributed by atoms with Crippen LogP contribution >= 0.6 is 11.6 Å². The Morgan fingerprint density at radius 1 is 1.21 bits per heavy atom. The Kier molecular flexibility index (Phi) is 7.34. The van der Waals surface area contributed by atoms with Crippen LogP contribution in [0.3, 0.4) is 0 Å². The molecule has 0 atom stereocenters. The van der Waals surface area contributed by atoms with Crippen molar-refractivity contribution in [1.29, 1.82) is 0 Å². The van der Waals surface area contributed by atoms with Crippen molar-refractivity contribution in [2.45, 2.75) is 13.8 Å². The number of benzene rings is 2. The third-order valence-electron chi connectivity index (χ3n) is 3.88. The zero-order valence-corrected chi connectivity index (χ0v) is 16.2. The minimum Gasteiger partial charge on any atom is -0.462 e. The molecule has 2 aromatic carbocycles. The van der Waals surface area contributed by atoms with Crippen molar-refractivity contribution < 1.29 is 19.2 Å². The number of halogens is 1. The highest BCUT2D eigenvalue weighted by Gasteiger charge is 2.15. The number of nitrogens with zero attached hydrogens (tertiary/aromatic N) is 2. The molecule has 1 amide bonds. The van der Waals surface area contributed by atoms with Crippen molar-refractivity contribution in [3.8, 4) is 0 Å². The van der Waals surface area contributed by atoms with Crippen LogP contribution in [0.1, 0.15) is 24.2 Å². The summed E-state index contributed by atoms with van der Waals surface area (Å²) < 4.78 is 5.00. The van der Waals surface area contributed by atoms with Gasteiger partial charge in [0.15, 0.2) is 0 Å². The number of carbonyl (C=O) groups excluding carboxylic acids is 2. The van der Waals surface area contributed by atoms with Gasteiger partial charge in [-0.1, -0.05) is 17.7 Å². The minimum atomic E-state index is -0.563. The van der Waals surface area contributed by atoms with Gasteiger partial charge in [-0.15, -0.1) is 0 Å². The van der Waals surface area contributed by atoms with Gasteiger partial charge in [0.1, 0.15) is 0 Å². The second kappa shape index (κ2) is 9.70. The van der Waals surface area contributed by atoms with E-state index in [-0.39, 0.29) is 35.5 Å². The number of hydrogen-bond acceptors (Lipinski definition) is 6. The van der Waals surface area contributed by atoms with E-state index in [1.807, 2.05) is 6.92 Å². The molecule has 0 saturated heterocycles. The van der Waals surface area contributed by atoms with Crippen LogP contribution in [0.15, 0.2) is 42.5 Å². The van der Waals surface area contributed by atoms with Crippen LogP contribution in [0.4, 0.5) is 17.1 Å². The van der Waals surface area contributed by atoms with Crippen molar-refractivity contribution in [2.75, 3.05) is 29.9 Å². The molecule has 9 heteroatoms. The summed E-state index contributed by atoms with van der Waals surface area (Å²) in [5.74, 6) is -0.776. The van der Waals surface area contributed by atoms with Crippen LogP contribution in [0.25, 0.3) is 0 Å². The number of rotatable bonds is 8. The van der Waals surface area contributed by atoms with Crippen molar-refractivity contribution in [1.82, 2.24) is 0 Å². The predicted octanol–water partition coefficient (Wildman–Crippen LogP) is 3.89. The van der Waals surface area contributed by atoms with Gasteiger partial charge in [-0.2, -0.15) is 0 Å². The topological polar surface area (TPSA) is 102 Å². The zero-order chi connectivity index (χ0) is 20.7. The van der Waals surface area contributed by atoms with Crippen LogP contribution in [0, 0.1) is 10.1 Å². The number of hydrogen-bond donors (Lipinski definition) is 1. The Hall–Kier alpha value is -3.13. The van der Waals surface area contributed by atoms with E-state index in [9.17, 15) is 19.7 Å². The first-order valence-electron chi connectivity index (χ1n) is 8.61. The first-order valence-corrected chi connectivity index (χ1v) is 8.99. The van der Waals surface area contributed by atoms with Gasteiger partial charge in [-0.05, 0) is 38.1 Å². The van der Waals surface area contributed by atoms with Crippen molar-refractivity contribution >= 4 is 40.5 Å². The molecule has 0 heterocycles. The number of carbonyl (C=O) groups is 2. The Bertz CT molecular complexity index is 888. The molecular formula is C19H20ClN3O5. The van der Waals surface area contributed by atoms with Crippen LogP contribution in [-0.2, 0) is 9.53 Å². The fraction of sp³-hybridized carbons (Fsp3) is 0.263. The molecule has 2 aromatic rings. The van der Waals surface area contributed by atoms with Gasteiger partial charge >= 0.3 is 5.97 Å². The average Bonchev–Trinajstić information content (AvgIpc) is 2.67. The van der Waals surface area contributed by atoms with Crippen molar-refractivity contribution in [2.24, 2.45) is 0 Å². The molecule has 0 radical (unpaired) electrons. The fourth-order valence-corrected chi connectivity index (χ4v) is 2.73. The molecular weight excluding hydrogens is 386 g/mol. The van der Waals surface area contributed by atoms with Gasteiger partial charge in [0.2, 0.25) is 5.91 Å². The van der Waals surface area contributed by atoms with Gasteiger partial charge in [-0.25, -0.2) is 4.79 Å². The number of non-ortho nitro benzene ring substituents is 1. The smallest absolute Gasteiger partial charge is 0.338 e. The third kappa shape index (κ3) is 5.43. The lowest BCUT2D eigenvalue weighted by atomic mass is 10.2. The quantitative estimate of drug-likeness (QED) is 0.406. The molecule has 1 N–H and O–H groups in total. The number of nitro benzene ring substituents is 1. The first kappa shape index (κ1) is 21.2. The SMILES string of the molecule is CCOC(=O)c1cccc(N(CC)CC(=O)Nc2ccc([N+](=O)[O-])cc2Cl)c1. The lowest BCUT2D eigenvalue weighted by molar-refractivity contribution is -0.384. The Morgan fingerprint density at radius 3 is 2.57 bits per heavy atom. The Balaban J connectivity index is 2.10. The molecule has 28 heavy (non-hydrogen) atoms. The van der Waals surface area contributed by atoms with E-state index < -0.39 is 10.9 Å². The molecule has 0 aromatic heterocycles. The van der Waals surface area contributed by atoms with E-state index in [1.165, 1.54) is 18.2 Å². The summed E-state index contributed by atoms with van der Waals surface area (Å²) >= 11 is 6.01. The maximum atomic E-state index is 12.4. The highest BCUT2D eigenvalue weighted by molar-refractivity contribution is 6.34. The average molecular weight is 406 g/mol. The maximum absolute atomic E-state index is 12.4. The molecule has 0 aliphatic rings. The largest absolute Gasteiger partial charge is 0.462 e. The normalized spacial score (nSPS) is 10.2. The van der Waals surface area contributed by atoms with Gasteiger partial charge < -0.3 is 15.0 Å². The molecule has 0 fully saturated rings. The van der Waals surface area contributed by atoms with Gasteiger partial charge in [0, 0.05) is 24.4 Å². The van der Waals surface area contributed by atoms with Crippen LogP contribution < -0.4 is 10.2 Å². The molecule has 8 nitrogen and oxygen atoms in total. The molecule has 2 rings (SSSR count). The number of esters is 1. The lowest BCUT2D eigenvalue weighted by Crippen LogP contribution is -2.33. The van der Waals surface area contributed by atoms with Gasteiger partial charge in [0.25, 0.3) is 5.69 Å². The van der Waals surface area contributed by atoms with Crippen LogP contribution in [0.5, 0.6) is 0 Å². The maximum Gasteiger partial charge on any atom is 0.338 e. The van der Waals surface area contributed by atoms with Gasteiger partial charge in [0.05, 0.1) is 34.3 Å². The summed E-state index contributed by atoms with van der Waals surface area (Å²) in [6.45, 7) is 4.42. The molecule has 0 bridgehead atoms. The summed E-state index contributed by atoms with van der Waals surface area (Å²) in [5, 5.41) is 13.5. The number of ether oxygens (including phenoxy) is 1. The molecule has 0 unspecified atom stereocenters. The number of amides is 1. The second-order valence-electron chi connectivity index (χ2n) is 5.75. The third-order valence-corrected chi connectivity index (χ3v) is 4.19. The van der Waals surface area contributed by atoms with E-state index in [0.717, 1.165) is 0 Å². The van der Waals surface area contributed by atoms with E-state index >= 15 is 0 Å². The number of anilines is 2. The van der Waals surface area contributed by atoms with Crippen molar-refractivity contribution in [3.05, 3.63) is 63.2 Å². The summed E-state index contributed by atoms with van der Waals surface area (Å²) in [6, 6.07) is 10.6. The predicted molar refractivity (Wildman–Crippen MR) is 107 cm³/mol. The monoisotopic (exact) mass is 405 g/mol. The highest BCUT2D eigenvalue weighted by atomic mass is 35.5. The van der Waals surface area contributed by atoms with Crippen LogP contribution in [-0.4, -0.2) is 36.5 Å². The van der Waals surface area contributed by atoms with Gasteiger partial charge in [-0.3, -0.25) is 14.9 Å². The minimum absolute atomic E-state index is 0.0100. The first-order chi connectivity index (χ1) is 13.3. The van der Waals surface area contributed by atoms with E-state index in [2.05, 4.69) is 5.32 Å². The lowest BCUT2D eigenvalue weighted by Gasteiger charge is -2.23. The number of nitro groups is 1. The fourth-order valence-electron chi connectivity index (χ4n) is 2.51. The summed E-state index contributed by atoms with van der Waals surface area (Å²) in [6.07, 6.45) is 0.